The summed E-state index contributed by atoms with van der Waals surface area (Å²) in [6.07, 6.45) is 2.16. The first-order valence-electron chi connectivity index (χ1n) is 7.64. The van der Waals surface area contributed by atoms with Crippen molar-refractivity contribution in [1.29, 1.82) is 0 Å². The number of anilines is 1. The van der Waals surface area contributed by atoms with Crippen molar-refractivity contribution in [3.8, 4) is 0 Å². The maximum atomic E-state index is 14.1. The van der Waals surface area contributed by atoms with Gasteiger partial charge in [-0.05, 0) is 18.8 Å². The second kappa shape index (κ2) is 6.03. The number of halogens is 2. The second-order valence-corrected chi connectivity index (χ2v) is 6.16. The van der Waals surface area contributed by atoms with E-state index in [4.69, 9.17) is 5.11 Å². The molecule has 134 valence electrons. The van der Waals surface area contributed by atoms with Crippen LogP contribution in [0.3, 0.4) is 0 Å². The fourth-order valence-electron chi connectivity index (χ4n) is 2.80. The number of nitrogens with zero attached hydrogens (tertiary/aromatic N) is 3. The van der Waals surface area contributed by atoms with Gasteiger partial charge in [-0.25, -0.2) is 13.8 Å². The summed E-state index contributed by atoms with van der Waals surface area (Å²) < 4.78 is 29.3. The molecule has 0 unspecified atom stereocenters. The summed E-state index contributed by atoms with van der Waals surface area (Å²) in [6.45, 7) is -1.33. The van der Waals surface area contributed by atoms with Crippen molar-refractivity contribution in [1.82, 2.24) is 9.55 Å². The lowest BCUT2D eigenvalue weighted by Gasteiger charge is -2.27. The third-order valence-corrected chi connectivity index (χ3v) is 4.34. The molecule has 2 heterocycles. The van der Waals surface area contributed by atoms with E-state index >= 15 is 0 Å². The highest BCUT2D eigenvalue weighted by Crippen LogP contribution is 2.41. The van der Waals surface area contributed by atoms with Gasteiger partial charge < -0.3 is 10.4 Å². The van der Waals surface area contributed by atoms with Crippen LogP contribution in [0.25, 0.3) is 11.0 Å². The summed E-state index contributed by atoms with van der Waals surface area (Å²) in [6, 6.07) is 0.925. The topological polar surface area (TPSA) is 110 Å². The Balaban J connectivity index is 2.14. The van der Waals surface area contributed by atoms with E-state index in [0.717, 1.165) is 12.3 Å². The highest BCUT2D eigenvalue weighted by atomic mass is 19.3. The maximum Gasteiger partial charge on any atom is 0.290 e. The lowest BCUT2D eigenvalue weighted by Crippen LogP contribution is -2.44. The van der Waals surface area contributed by atoms with E-state index < -0.39 is 29.1 Å². The molecule has 10 heteroatoms. The monoisotopic (exact) mass is 354 g/mol. The quantitative estimate of drug-likeness (QED) is 0.603. The molecular formula is C15H16F2N4O4. The van der Waals surface area contributed by atoms with Crippen molar-refractivity contribution < 1.29 is 18.8 Å². The van der Waals surface area contributed by atoms with Gasteiger partial charge in [-0.3, -0.25) is 19.5 Å². The predicted molar refractivity (Wildman–Crippen MR) is 85.8 cm³/mol. The number of nitro groups is 1. The van der Waals surface area contributed by atoms with Crippen LogP contribution in [-0.2, 0) is 7.05 Å². The van der Waals surface area contributed by atoms with E-state index in [9.17, 15) is 23.7 Å². The fraction of sp³-hybridized carbons (Fsp3) is 0.467. The molecule has 0 aliphatic heterocycles. The van der Waals surface area contributed by atoms with Crippen molar-refractivity contribution in [2.45, 2.75) is 24.8 Å². The van der Waals surface area contributed by atoms with Gasteiger partial charge in [0.05, 0.1) is 16.7 Å². The summed E-state index contributed by atoms with van der Waals surface area (Å²) in [5.41, 5.74) is -0.619. The lowest BCUT2D eigenvalue weighted by atomic mass is 10.0. The molecule has 25 heavy (non-hydrogen) atoms. The van der Waals surface area contributed by atoms with Crippen LogP contribution in [0.5, 0.6) is 0 Å². The SMILES string of the molecule is Cn1c(=O)cc(N[C@@H](C2CC2)C(F)(F)CO)c2cc([N+](=O)[O-])cnc21. The molecule has 2 aromatic heterocycles. The van der Waals surface area contributed by atoms with E-state index in [0.29, 0.717) is 12.8 Å². The molecule has 3 rings (SSSR count). The van der Waals surface area contributed by atoms with Crippen molar-refractivity contribution in [2.24, 2.45) is 13.0 Å². The Hall–Kier alpha value is -2.62. The predicted octanol–water partition coefficient (Wildman–Crippen LogP) is 1.66. The minimum absolute atomic E-state index is 0.0410. The number of fused-ring (bicyclic) bond motifs is 1. The molecule has 0 amide bonds. The van der Waals surface area contributed by atoms with Gasteiger partial charge in [-0.1, -0.05) is 0 Å². The number of hydrogen-bond acceptors (Lipinski definition) is 6. The standard InChI is InChI=1S/C15H16F2N4O4/c1-20-12(23)5-11(10-4-9(21(24)25)6-18-14(10)20)19-13(8-2-3-8)15(16,17)7-22/h4-6,8,13,19,22H,2-3,7H2,1H3/t13-/m0/s1. The largest absolute Gasteiger partial charge is 0.390 e. The third-order valence-electron chi connectivity index (χ3n) is 4.34. The normalized spacial score (nSPS) is 16.0. The first-order chi connectivity index (χ1) is 11.7. The first-order valence-corrected chi connectivity index (χ1v) is 7.64. The van der Waals surface area contributed by atoms with Crippen molar-refractivity contribution in [3.05, 3.63) is 38.8 Å². The number of alkyl halides is 2. The lowest BCUT2D eigenvalue weighted by molar-refractivity contribution is -0.385. The summed E-state index contributed by atoms with van der Waals surface area (Å²) in [4.78, 5) is 26.3. The molecule has 0 bridgehead atoms. The van der Waals surface area contributed by atoms with Gasteiger partial charge in [0.1, 0.15) is 18.5 Å². The van der Waals surface area contributed by atoms with E-state index in [-0.39, 0.29) is 28.3 Å². The van der Waals surface area contributed by atoms with Crippen LogP contribution in [0.15, 0.2) is 23.1 Å². The molecule has 0 saturated heterocycles. The smallest absolute Gasteiger partial charge is 0.290 e. The molecule has 1 aliphatic carbocycles. The molecule has 0 aromatic carbocycles. The van der Waals surface area contributed by atoms with Crippen LogP contribution in [0, 0.1) is 16.0 Å². The Morgan fingerprint density at radius 3 is 2.76 bits per heavy atom. The van der Waals surface area contributed by atoms with Gasteiger partial charge in [0.15, 0.2) is 0 Å². The number of hydrogen-bond donors (Lipinski definition) is 2. The zero-order chi connectivity index (χ0) is 18.4. The van der Waals surface area contributed by atoms with Crippen LogP contribution in [0.1, 0.15) is 12.8 Å². The van der Waals surface area contributed by atoms with Gasteiger partial charge in [-0.15, -0.1) is 0 Å². The average Bonchev–Trinajstić information content (AvgIpc) is 3.40. The summed E-state index contributed by atoms with van der Waals surface area (Å²) >= 11 is 0. The van der Waals surface area contributed by atoms with E-state index in [1.54, 1.807) is 0 Å². The number of aliphatic hydroxyl groups excluding tert-OH is 1. The molecule has 0 radical (unpaired) electrons. The number of aryl methyl sites for hydroxylation is 1. The molecule has 1 aliphatic rings. The van der Waals surface area contributed by atoms with E-state index in [2.05, 4.69) is 10.3 Å². The summed E-state index contributed by atoms with van der Waals surface area (Å²) in [7, 11) is 1.44. The first kappa shape index (κ1) is 17.2. The maximum absolute atomic E-state index is 14.1. The van der Waals surface area contributed by atoms with Gasteiger partial charge in [0.25, 0.3) is 17.2 Å². The van der Waals surface area contributed by atoms with Gasteiger partial charge in [-0.2, -0.15) is 0 Å². The Morgan fingerprint density at radius 2 is 2.20 bits per heavy atom. The van der Waals surface area contributed by atoms with Gasteiger partial charge in [0, 0.05) is 24.6 Å². The molecule has 2 aromatic rings. The summed E-state index contributed by atoms with van der Waals surface area (Å²) in [5, 5.41) is 22.8. The molecule has 1 fully saturated rings. The fourth-order valence-corrected chi connectivity index (χ4v) is 2.80. The van der Waals surface area contributed by atoms with Gasteiger partial charge in [0.2, 0.25) is 0 Å². The Kier molecular flexibility index (Phi) is 4.15. The average molecular weight is 354 g/mol. The number of nitrogens with one attached hydrogen (secondary N) is 1. The number of aromatic nitrogens is 2. The third kappa shape index (κ3) is 3.16. The molecule has 0 spiro atoms. The zero-order valence-corrected chi connectivity index (χ0v) is 13.3. The number of pyridine rings is 2. The van der Waals surface area contributed by atoms with E-state index in [1.165, 1.54) is 17.7 Å². The molecular weight excluding hydrogens is 338 g/mol. The van der Waals surface area contributed by atoms with Crippen molar-refractivity contribution in [3.63, 3.8) is 0 Å². The van der Waals surface area contributed by atoms with Crippen LogP contribution in [0.2, 0.25) is 0 Å². The van der Waals surface area contributed by atoms with E-state index in [1.807, 2.05) is 0 Å². The Morgan fingerprint density at radius 1 is 1.52 bits per heavy atom. The second-order valence-electron chi connectivity index (χ2n) is 6.16. The molecule has 8 nitrogen and oxygen atoms in total. The minimum Gasteiger partial charge on any atom is -0.390 e. The Labute approximate surface area is 140 Å². The zero-order valence-electron chi connectivity index (χ0n) is 13.3. The van der Waals surface area contributed by atoms with Gasteiger partial charge >= 0.3 is 0 Å². The molecule has 2 N–H and O–H groups in total. The number of rotatable bonds is 6. The molecule has 1 saturated carbocycles. The van der Waals surface area contributed by atoms with Crippen molar-refractivity contribution >= 4 is 22.4 Å². The highest BCUT2D eigenvalue weighted by molar-refractivity contribution is 5.90. The van der Waals surface area contributed by atoms with Crippen LogP contribution in [0.4, 0.5) is 20.2 Å². The van der Waals surface area contributed by atoms with Crippen molar-refractivity contribution in [2.75, 3.05) is 11.9 Å². The highest BCUT2D eigenvalue weighted by Gasteiger charge is 2.48. The number of aliphatic hydroxyl groups is 1. The summed E-state index contributed by atoms with van der Waals surface area (Å²) in [5.74, 6) is -3.73. The van der Waals surface area contributed by atoms with Crippen LogP contribution in [-0.4, -0.2) is 38.2 Å². The van der Waals surface area contributed by atoms with Crippen LogP contribution >= 0.6 is 0 Å². The molecule has 1 atom stereocenters. The minimum atomic E-state index is -3.39. The van der Waals surface area contributed by atoms with Crippen LogP contribution < -0.4 is 10.9 Å². The Bertz CT molecular complexity index is 895.